The third-order valence-corrected chi connectivity index (χ3v) is 2.11. The fourth-order valence-electron chi connectivity index (χ4n) is 0.961. The van der Waals surface area contributed by atoms with Crippen molar-refractivity contribution in [2.45, 2.75) is 13.8 Å². The van der Waals surface area contributed by atoms with Crippen LogP contribution in [0.3, 0.4) is 0 Å². The number of nitrogens with two attached hydrogens (primary N) is 1. The number of rotatable bonds is 2. The van der Waals surface area contributed by atoms with Crippen molar-refractivity contribution in [2.75, 3.05) is 5.73 Å². The summed E-state index contributed by atoms with van der Waals surface area (Å²) in [6.07, 6.45) is 0. The van der Waals surface area contributed by atoms with Crippen molar-refractivity contribution in [1.82, 2.24) is 0 Å². The molecule has 1 aromatic carbocycles. The van der Waals surface area contributed by atoms with Crippen molar-refractivity contribution in [3.05, 3.63) is 23.3 Å². The van der Waals surface area contributed by atoms with Gasteiger partial charge in [-0.1, -0.05) is 0 Å². The summed E-state index contributed by atoms with van der Waals surface area (Å²) in [7, 11) is 0. The molecular formula is C8H11NO3S. The van der Waals surface area contributed by atoms with Crippen LogP contribution in [-0.2, 0) is 11.4 Å². The lowest BCUT2D eigenvalue weighted by atomic mass is 10.1. The SMILES string of the molecule is Cc1cc(N)c(OS(=O)O)cc1C. The van der Waals surface area contributed by atoms with Crippen LogP contribution in [0.5, 0.6) is 5.75 Å². The van der Waals surface area contributed by atoms with Crippen molar-refractivity contribution >= 4 is 17.0 Å². The van der Waals surface area contributed by atoms with Gasteiger partial charge in [-0.25, -0.2) is 0 Å². The maximum absolute atomic E-state index is 10.4. The lowest BCUT2D eigenvalue weighted by Crippen LogP contribution is -2.01. The first kappa shape index (κ1) is 10.0. The summed E-state index contributed by atoms with van der Waals surface area (Å²) in [5.41, 5.74) is 7.92. The lowest BCUT2D eigenvalue weighted by Gasteiger charge is -2.07. The normalized spacial score (nSPS) is 12.5. The van der Waals surface area contributed by atoms with Gasteiger partial charge in [0.2, 0.25) is 0 Å². The van der Waals surface area contributed by atoms with Crippen LogP contribution >= 0.6 is 0 Å². The van der Waals surface area contributed by atoms with E-state index in [0.717, 1.165) is 11.1 Å². The first-order valence-corrected chi connectivity index (χ1v) is 4.70. The molecule has 0 aromatic heterocycles. The minimum absolute atomic E-state index is 0.240. The van der Waals surface area contributed by atoms with Crippen LogP contribution in [0, 0.1) is 13.8 Å². The van der Waals surface area contributed by atoms with Gasteiger partial charge in [0.05, 0.1) is 5.69 Å². The second-order valence-corrected chi connectivity index (χ2v) is 3.38. The van der Waals surface area contributed by atoms with E-state index in [9.17, 15) is 4.21 Å². The van der Waals surface area contributed by atoms with E-state index >= 15 is 0 Å². The van der Waals surface area contributed by atoms with Crippen molar-refractivity contribution in [2.24, 2.45) is 0 Å². The average molecular weight is 201 g/mol. The fourth-order valence-corrected chi connectivity index (χ4v) is 1.26. The molecule has 1 aromatic rings. The minimum Gasteiger partial charge on any atom is -0.396 e. The summed E-state index contributed by atoms with van der Waals surface area (Å²) in [4.78, 5) is 0. The van der Waals surface area contributed by atoms with Crippen molar-refractivity contribution in [3.63, 3.8) is 0 Å². The highest BCUT2D eigenvalue weighted by molar-refractivity contribution is 7.74. The van der Waals surface area contributed by atoms with Crippen LogP contribution in [0.25, 0.3) is 0 Å². The first-order valence-electron chi connectivity index (χ1n) is 3.66. The smallest absolute Gasteiger partial charge is 0.357 e. The number of hydrogen-bond donors (Lipinski definition) is 2. The van der Waals surface area contributed by atoms with E-state index in [4.69, 9.17) is 10.3 Å². The highest BCUT2D eigenvalue weighted by Gasteiger charge is 2.05. The molecule has 0 bridgehead atoms. The molecule has 4 nitrogen and oxygen atoms in total. The largest absolute Gasteiger partial charge is 0.396 e. The molecule has 0 fully saturated rings. The maximum atomic E-state index is 10.4. The Morgan fingerprint density at radius 2 is 1.92 bits per heavy atom. The van der Waals surface area contributed by atoms with Gasteiger partial charge in [-0.15, -0.1) is 0 Å². The van der Waals surface area contributed by atoms with Gasteiger partial charge in [-0.05, 0) is 37.1 Å². The Labute approximate surface area is 79.2 Å². The average Bonchev–Trinajstić information content (AvgIpc) is 1.99. The van der Waals surface area contributed by atoms with Gasteiger partial charge in [0.15, 0.2) is 5.75 Å². The summed E-state index contributed by atoms with van der Waals surface area (Å²) in [6.45, 7) is 3.79. The second kappa shape index (κ2) is 3.76. The Bertz CT molecular complexity index is 351. The number of nitrogen functional groups attached to an aromatic ring is 1. The van der Waals surface area contributed by atoms with Gasteiger partial charge in [-0.2, -0.15) is 4.21 Å². The van der Waals surface area contributed by atoms with Crippen LogP contribution in [0.15, 0.2) is 12.1 Å². The molecule has 0 aliphatic rings. The van der Waals surface area contributed by atoms with Crippen LogP contribution in [0.4, 0.5) is 5.69 Å². The standard InChI is InChI=1S/C8H11NO3S/c1-5-3-7(9)8(4-6(5)2)12-13(10)11/h3-4H,9H2,1-2H3,(H,10,11). The monoisotopic (exact) mass is 201 g/mol. The van der Waals surface area contributed by atoms with E-state index in [-0.39, 0.29) is 5.75 Å². The zero-order valence-corrected chi connectivity index (χ0v) is 8.22. The molecule has 72 valence electrons. The van der Waals surface area contributed by atoms with Crippen molar-refractivity contribution in [3.8, 4) is 5.75 Å². The summed E-state index contributed by atoms with van der Waals surface area (Å²) in [5.74, 6) is 0.240. The van der Waals surface area contributed by atoms with E-state index in [1.54, 1.807) is 12.1 Å². The Hall–Kier alpha value is -1.07. The zero-order chi connectivity index (χ0) is 10.0. The van der Waals surface area contributed by atoms with E-state index in [1.807, 2.05) is 13.8 Å². The van der Waals surface area contributed by atoms with E-state index in [0.29, 0.717) is 5.69 Å². The van der Waals surface area contributed by atoms with Crippen molar-refractivity contribution in [1.29, 1.82) is 0 Å². The molecule has 0 saturated carbocycles. The molecule has 0 aliphatic carbocycles. The molecule has 3 N–H and O–H groups in total. The van der Waals surface area contributed by atoms with Gasteiger partial charge in [-0.3, -0.25) is 4.55 Å². The Kier molecular flexibility index (Phi) is 2.90. The Balaban J connectivity index is 3.08. The molecule has 13 heavy (non-hydrogen) atoms. The van der Waals surface area contributed by atoms with Gasteiger partial charge < -0.3 is 9.92 Å². The van der Waals surface area contributed by atoms with Crippen LogP contribution in [0.1, 0.15) is 11.1 Å². The van der Waals surface area contributed by atoms with E-state index in [2.05, 4.69) is 4.18 Å². The number of aryl methyl sites for hydroxylation is 2. The van der Waals surface area contributed by atoms with Crippen LogP contribution < -0.4 is 9.92 Å². The number of anilines is 1. The molecule has 1 atom stereocenters. The predicted molar refractivity (Wildman–Crippen MR) is 51.7 cm³/mol. The Morgan fingerprint density at radius 1 is 1.38 bits per heavy atom. The topological polar surface area (TPSA) is 72.5 Å². The number of hydrogen-bond acceptors (Lipinski definition) is 3. The molecule has 0 saturated heterocycles. The Morgan fingerprint density at radius 3 is 2.46 bits per heavy atom. The fraction of sp³-hybridized carbons (Fsp3) is 0.250. The summed E-state index contributed by atoms with van der Waals surface area (Å²) in [5, 5.41) is 0. The molecule has 0 aliphatic heterocycles. The highest BCUT2D eigenvalue weighted by atomic mass is 32.2. The maximum Gasteiger partial charge on any atom is 0.357 e. The molecule has 5 heteroatoms. The molecule has 0 spiro atoms. The van der Waals surface area contributed by atoms with E-state index < -0.39 is 11.4 Å². The van der Waals surface area contributed by atoms with Gasteiger partial charge in [0.25, 0.3) is 0 Å². The molecule has 1 rings (SSSR count). The summed E-state index contributed by atoms with van der Waals surface area (Å²) < 4.78 is 23.4. The zero-order valence-electron chi connectivity index (χ0n) is 7.40. The quantitative estimate of drug-likeness (QED) is 0.560. The molecular weight excluding hydrogens is 190 g/mol. The van der Waals surface area contributed by atoms with Crippen LogP contribution in [-0.4, -0.2) is 8.76 Å². The molecule has 1 unspecified atom stereocenters. The first-order chi connectivity index (χ1) is 6.00. The molecule has 0 heterocycles. The summed E-state index contributed by atoms with van der Waals surface area (Å²) in [6, 6.07) is 3.34. The minimum atomic E-state index is -2.32. The predicted octanol–water partition coefficient (Wildman–Crippen LogP) is 1.40. The lowest BCUT2D eigenvalue weighted by molar-refractivity contribution is 0.459. The van der Waals surface area contributed by atoms with Gasteiger partial charge in [0.1, 0.15) is 0 Å². The number of benzene rings is 1. The second-order valence-electron chi connectivity index (χ2n) is 2.77. The van der Waals surface area contributed by atoms with Gasteiger partial charge >= 0.3 is 11.4 Å². The van der Waals surface area contributed by atoms with Gasteiger partial charge in [0, 0.05) is 0 Å². The van der Waals surface area contributed by atoms with Crippen LogP contribution in [0.2, 0.25) is 0 Å². The third-order valence-electron chi connectivity index (χ3n) is 1.79. The third kappa shape index (κ3) is 2.43. The molecule has 0 radical (unpaired) electrons. The summed E-state index contributed by atoms with van der Waals surface area (Å²) >= 11 is -2.32. The highest BCUT2D eigenvalue weighted by Crippen LogP contribution is 2.25. The molecule has 0 amide bonds. The van der Waals surface area contributed by atoms with Crippen molar-refractivity contribution < 1.29 is 12.9 Å². The van der Waals surface area contributed by atoms with E-state index in [1.165, 1.54) is 0 Å².